The first-order valence-corrected chi connectivity index (χ1v) is 7.04. The molecule has 19 heavy (non-hydrogen) atoms. The van der Waals surface area contributed by atoms with Crippen LogP contribution in [0.1, 0.15) is 38.5 Å². The van der Waals surface area contributed by atoms with E-state index >= 15 is 0 Å². The van der Waals surface area contributed by atoms with E-state index in [2.05, 4.69) is 31.3 Å². The van der Waals surface area contributed by atoms with Crippen LogP contribution in [0.2, 0.25) is 0 Å². The molecular formula is C16H23NO2. The largest absolute Gasteiger partial charge is 0.459 e. The Morgan fingerprint density at radius 3 is 2.68 bits per heavy atom. The first kappa shape index (κ1) is 14.1. The van der Waals surface area contributed by atoms with Crippen molar-refractivity contribution < 1.29 is 9.15 Å². The lowest BCUT2D eigenvalue weighted by Crippen LogP contribution is -2.33. The van der Waals surface area contributed by atoms with Crippen molar-refractivity contribution in [2.24, 2.45) is 0 Å². The molecule has 3 heteroatoms. The van der Waals surface area contributed by atoms with E-state index in [0.29, 0.717) is 0 Å². The van der Waals surface area contributed by atoms with E-state index in [1.165, 1.54) is 0 Å². The van der Waals surface area contributed by atoms with Crippen LogP contribution in [0, 0.1) is 0 Å². The topological polar surface area (TPSA) is 34.4 Å². The predicted molar refractivity (Wildman–Crippen MR) is 78.3 cm³/mol. The normalized spacial score (nSPS) is 14.7. The zero-order valence-electron chi connectivity index (χ0n) is 12.0. The highest BCUT2D eigenvalue weighted by Gasteiger charge is 2.24. The molecule has 0 amide bonds. The molecule has 1 N–H and O–H groups in total. The van der Waals surface area contributed by atoms with Crippen molar-refractivity contribution in [3.05, 3.63) is 36.1 Å². The molecule has 0 aliphatic carbocycles. The Morgan fingerprint density at radius 2 is 2.05 bits per heavy atom. The third kappa shape index (κ3) is 3.17. The van der Waals surface area contributed by atoms with Crippen LogP contribution in [0.25, 0.3) is 11.0 Å². The summed E-state index contributed by atoms with van der Waals surface area (Å²) < 4.78 is 11.6. The Labute approximate surface area is 114 Å². The fourth-order valence-corrected chi connectivity index (χ4v) is 2.41. The van der Waals surface area contributed by atoms with Gasteiger partial charge in [0.2, 0.25) is 0 Å². The summed E-state index contributed by atoms with van der Waals surface area (Å²) in [6.45, 7) is 5.26. The van der Waals surface area contributed by atoms with Crippen LogP contribution in [0.15, 0.2) is 34.7 Å². The maximum Gasteiger partial charge on any atom is 0.134 e. The molecule has 3 nitrogen and oxygen atoms in total. The van der Waals surface area contributed by atoms with Crippen LogP contribution in [0.4, 0.5) is 0 Å². The molecule has 0 fully saturated rings. The van der Waals surface area contributed by atoms with Gasteiger partial charge in [-0.2, -0.15) is 0 Å². The summed E-state index contributed by atoms with van der Waals surface area (Å²) in [6.07, 6.45) is 2.18. The molecule has 2 aromatic rings. The number of methoxy groups -OCH3 is 1. The SMILES string of the molecule is CCCNC(c1cc2ccccc2o1)C(CC)OC. The molecule has 104 valence electrons. The number of para-hydroxylation sites is 1. The zero-order chi connectivity index (χ0) is 13.7. The van der Waals surface area contributed by atoms with Gasteiger partial charge in [-0.3, -0.25) is 0 Å². The molecule has 1 heterocycles. The summed E-state index contributed by atoms with van der Waals surface area (Å²) >= 11 is 0. The molecule has 0 aliphatic heterocycles. The van der Waals surface area contributed by atoms with Crippen molar-refractivity contribution in [3.63, 3.8) is 0 Å². The molecule has 0 radical (unpaired) electrons. The molecule has 0 bridgehead atoms. The Balaban J connectivity index is 2.30. The summed E-state index contributed by atoms with van der Waals surface area (Å²) in [5.41, 5.74) is 0.937. The highest BCUT2D eigenvalue weighted by Crippen LogP contribution is 2.27. The third-order valence-corrected chi connectivity index (χ3v) is 3.44. The van der Waals surface area contributed by atoms with Crippen LogP contribution in [0.3, 0.4) is 0 Å². The monoisotopic (exact) mass is 261 g/mol. The number of ether oxygens (including phenoxy) is 1. The molecular weight excluding hydrogens is 238 g/mol. The number of hydrogen-bond acceptors (Lipinski definition) is 3. The Bertz CT molecular complexity index is 469. The first-order chi connectivity index (χ1) is 9.30. The van der Waals surface area contributed by atoms with Gasteiger partial charge >= 0.3 is 0 Å². The van der Waals surface area contributed by atoms with E-state index in [0.717, 1.165) is 36.1 Å². The van der Waals surface area contributed by atoms with E-state index in [9.17, 15) is 0 Å². The summed E-state index contributed by atoms with van der Waals surface area (Å²) in [6, 6.07) is 10.3. The number of fused-ring (bicyclic) bond motifs is 1. The average molecular weight is 261 g/mol. The van der Waals surface area contributed by atoms with E-state index < -0.39 is 0 Å². The van der Waals surface area contributed by atoms with E-state index in [4.69, 9.17) is 9.15 Å². The molecule has 1 aromatic carbocycles. The number of nitrogens with one attached hydrogen (secondary N) is 1. The van der Waals surface area contributed by atoms with Crippen LogP contribution in [-0.4, -0.2) is 19.8 Å². The van der Waals surface area contributed by atoms with Crippen molar-refractivity contribution in [2.75, 3.05) is 13.7 Å². The maximum absolute atomic E-state index is 5.97. The highest BCUT2D eigenvalue weighted by atomic mass is 16.5. The Kier molecular flexibility index (Phi) is 5.00. The summed E-state index contributed by atoms with van der Waals surface area (Å²) in [5.74, 6) is 0.961. The van der Waals surface area contributed by atoms with E-state index in [1.807, 2.05) is 18.2 Å². The molecule has 2 atom stereocenters. The molecule has 1 aromatic heterocycles. The first-order valence-electron chi connectivity index (χ1n) is 7.04. The van der Waals surface area contributed by atoms with Gasteiger partial charge in [0.25, 0.3) is 0 Å². The summed E-state index contributed by atoms with van der Waals surface area (Å²) in [4.78, 5) is 0. The van der Waals surface area contributed by atoms with Gasteiger partial charge in [-0.1, -0.05) is 32.0 Å². The number of benzene rings is 1. The van der Waals surface area contributed by atoms with Gasteiger partial charge in [-0.25, -0.2) is 0 Å². The standard InChI is InChI=1S/C16H23NO2/c1-4-10-17-16(13(5-2)18-3)15-11-12-8-6-7-9-14(12)19-15/h6-9,11,13,16-17H,4-5,10H2,1-3H3. The number of rotatable bonds is 7. The van der Waals surface area contributed by atoms with Crippen LogP contribution < -0.4 is 5.32 Å². The predicted octanol–water partition coefficient (Wildman–Crippen LogP) is 3.90. The zero-order valence-corrected chi connectivity index (χ0v) is 12.0. The lowest BCUT2D eigenvalue weighted by Gasteiger charge is -2.24. The average Bonchev–Trinajstić information content (AvgIpc) is 2.87. The minimum atomic E-state index is 0.113. The fraction of sp³-hybridized carbons (Fsp3) is 0.500. The number of furan rings is 1. The molecule has 2 rings (SSSR count). The third-order valence-electron chi connectivity index (χ3n) is 3.44. The van der Waals surface area contributed by atoms with Crippen molar-refractivity contribution in [3.8, 4) is 0 Å². The molecule has 0 aliphatic rings. The van der Waals surface area contributed by atoms with E-state index in [1.54, 1.807) is 7.11 Å². The van der Waals surface area contributed by atoms with Crippen LogP contribution in [-0.2, 0) is 4.74 Å². The van der Waals surface area contributed by atoms with Gasteiger partial charge in [0, 0.05) is 12.5 Å². The van der Waals surface area contributed by atoms with Crippen LogP contribution in [0.5, 0.6) is 0 Å². The Morgan fingerprint density at radius 1 is 1.26 bits per heavy atom. The second-order valence-corrected chi connectivity index (χ2v) is 4.80. The van der Waals surface area contributed by atoms with E-state index in [-0.39, 0.29) is 12.1 Å². The second-order valence-electron chi connectivity index (χ2n) is 4.80. The van der Waals surface area contributed by atoms with Gasteiger partial charge in [-0.05, 0) is 31.5 Å². The Hall–Kier alpha value is -1.32. The minimum absolute atomic E-state index is 0.113. The van der Waals surface area contributed by atoms with Gasteiger partial charge in [0.05, 0.1) is 12.1 Å². The van der Waals surface area contributed by atoms with Crippen molar-refractivity contribution in [1.82, 2.24) is 5.32 Å². The quantitative estimate of drug-likeness (QED) is 0.821. The lowest BCUT2D eigenvalue weighted by atomic mass is 10.1. The van der Waals surface area contributed by atoms with Crippen molar-refractivity contribution >= 4 is 11.0 Å². The van der Waals surface area contributed by atoms with Gasteiger partial charge < -0.3 is 14.5 Å². The van der Waals surface area contributed by atoms with Gasteiger partial charge in [0.1, 0.15) is 11.3 Å². The highest BCUT2D eigenvalue weighted by molar-refractivity contribution is 5.77. The second kappa shape index (κ2) is 6.73. The molecule has 0 spiro atoms. The molecule has 0 saturated carbocycles. The smallest absolute Gasteiger partial charge is 0.134 e. The number of hydrogen-bond donors (Lipinski definition) is 1. The molecule has 0 saturated heterocycles. The van der Waals surface area contributed by atoms with Crippen molar-refractivity contribution in [1.29, 1.82) is 0 Å². The van der Waals surface area contributed by atoms with Crippen LogP contribution >= 0.6 is 0 Å². The van der Waals surface area contributed by atoms with Crippen molar-refractivity contribution in [2.45, 2.75) is 38.8 Å². The molecule has 2 unspecified atom stereocenters. The summed E-state index contributed by atoms with van der Waals surface area (Å²) in [7, 11) is 1.76. The lowest BCUT2D eigenvalue weighted by molar-refractivity contribution is 0.0585. The minimum Gasteiger partial charge on any atom is -0.459 e. The summed E-state index contributed by atoms with van der Waals surface area (Å²) in [5, 5.41) is 4.67. The van der Waals surface area contributed by atoms with Gasteiger partial charge in [0.15, 0.2) is 0 Å². The maximum atomic E-state index is 5.97. The van der Waals surface area contributed by atoms with Gasteiger partial charge in [-0.15, -0.1) is 0 Å². The fourth-order valence-electron chi connectivity index (χ4n) is 2.41.